The first kappa shape index (κ1) is 16.9. The van der Waals surface area contributed by atoms with Gasteiger partial charge in [0.15, 0.2) is 0 Å². The molecule has 0 aliphatic heterocycles. The molecule has 0 aromatic carbocycles. The van der Waals surface area contributed by atoms with Crippen molar-refractivity contribution in [2.24, 2.45) is 0 Å². The highest BCUT2D eigenvalue weighted by Gasteiger charge is 2.15. The van der Waals surface area contributed by atoms with E-state index in [9.17, 15) is 14.4 Å². The Hall–Kier alpha value is -2.05. The van der Waals surface area contributed by atoms with Gasteiger partial charge in [-0.15, -0.1) is 0 Å². The van der Waals surface area contributed by atoms with Crippen molar-refractivity contribution in [3.63, 3.8) is 0 Å². The molecule has 0 rings (SSSR count). The minimum Gasteiger partial charge on any atom is -0.478 e. The van der Waals surface area contributed by atoms with Gasteiger partial charge in [-0.2, -0.15) is 0 Å². The van der Waals surface area contributed by atoms with E-state index in [0.717, 1.165) is 0 Å². The van der Waals surface area contributed by atoms with Gasteiger partial charge in [0, 0.05) is 18.7 Å². The van der Waals surface area contributed by atoms with Crippen LogP contribution in [-0.2, 0) is 14.3 Å². The highest BCUT2D eigenvalue weighted by atomic mass is 16.6. The van der Waals surface area contributed by atoms with E-state index in [4.69, 9.17) is 9.84 Å². The fourth-order valence-corrected chi connectivity index (χ4v) is 1.01. The predicted octanol–water partition coefficient (Wildman–Crippen LogP) is 0.658. The van der Waals surface area contributed by atoms with Gasteiger partial charge in [0.1, 0.15) is 5.60 Å². The van der Waals surface area contributed by atoms with Crippen LogP contribution in [0.3, 0.4) is 0 Å². The number of carboxylic acids is 1. The van der Waals surface area contributed by atoms with E-state index >= 15 is 0 Å². The number of amides is 2. The van der Waals surface area contributed by atoms with Gasteiger partial charge < -0.3 is 20.5 Å². The second-order valence-electron chi connectivity index (χ2n) is 4.86. The molecule has 2 amide bonds. The van der Waals surface area contributed by atoms with Crippen molar-refractivity contribution in [3.05, 3.63) is 12.2 Å². The summed E-state index contributed by atoms with van der Waals surface area (Å²) >= 11 is 0. The van der Waals surface area contributed by atoms with Crippen molar-refractivity contribution < 1.29 is 24.2 Å². The molecule has 0 unspecified atom stereocenters. The first-order valence-corrected chi connectivity index (χ1v) is 5.76. The zero-order valence-corrected chi connectivity index (χ0v) is 11.4. The maximum atomic E-state index is 11.3. The predicted molar refractivity (Wildman–Crippen MR) is 68.6 cm³/mol. The first-order chi connectivity index (χ1) is 8.61. The minimum absolute atomic E-state index is 0.183. The number of hydrogen-bond donors (Lipinski definition) is 3. The molecule has 0 bridgehead atoms. The Labute approximate surface area is 112 Å². The summed E-state index contributed by atoms with van der Waals surface area (Å²) in [5.41, 5.74) is -0.760. The zero-order chi connectivity index (χ0) is 15.1. The molecule has 0 atom stereocenters. The smallest absolute Gasteiger partial charge is 0.407 e. The normalized spacial score (nSPS) is 10.5. The quantitative estimate of drug-likeness (QED) is 0.486. The van der Waals surface area contributed by atoms with Crippen molar-refractivity contribution in [2.75, 3.05) is 13.1 Å². The minimum atomic E-state index is -1.21. The summed E-state index contributed by atoms with van der Waals surface area (Å²) in [4.78, 5) is 32.9. The van der Waals surface area contributed by atoms with Crippen LogP contribution >= 0.6 is 0 Å². The van der Waals surface area contributed by atoms with Gasteiger partial charge >= 0.3 is 12.1 Å². The summed E-state index contributed by atoms with van der Waals surface area (Å²) in [6, 6.07) is 0. The molecule has 0 aromatic heterocycles. The molecule has 0 heterocycles. The fourth-order valence-electron chi connectivity index (χ4n) is 1.01. The molecule has 19 heavy (non-hydrogen) atoms. The molecule has 0 spiro atoms. The number of nitrogens with one attached hydrogen (secondary N) is 2. The number of carbonyl (C=O) groups is 3. The average molecular weight is 272 g/mol. The lowest BCUT2D eigenvalue weighted by molar-refractivity contribution is -0.134. The molecule has 0 saturated heterocycles. The lowest BCUT2D eigenvalue weighted by Gasteiger charge is -2.19. The van der Waals surface area contributed by atoms with Crippen LogP contribution in [0.4, 0.5) is 4.79 Å². The van der Waals surface area contributed by atoms with Gasteiger partial charge in [-0.05, 0) is 20.8 Å². The van der Waals surface area contributed by atoms with Gasteiger partial charge in [-0.3, -0.25) is 4.79 Å². The Balaban J connectivity index is 3.75. The highest BCUT2D eigenvalue weighted by Crippen LogP contribution is 2.05. The molecule has 0 fully saturated rings. The lowest BCUT2D eigenvalue weighted by Crippen LogP contribution is -2.38. The van der Waals surface area contributed by atoms with Gasteiger partial charge in [0.2, 0.25) is 5.91 Å². The molecule has 0 aliphatic rings. The van der Waals surface area contributed by atoms with E-state index in [0.29, 0.717) is 0 Å². The Bertz CT molecular complexity index is 371. The van der Waals surface area contributed by atoms with Crippen LogP contribution in [0.15, 0.2) is 12.2 Å². The summed E-state index contributed by atoms with van der Waals surface area (Å²) < 4.78 is 4.99. The molecule has 0 saturated carbocycles. The zero-order valence-electron chi connectivity index (χ0n) is 11.4. The second kappa shape index (κ2) is 7.40. The summed E-state index contributed by atoms with van der Waals surface area (Å²) in [5, 5.41) is 13.4. The Morgan fingerprint density at radius 1 is 1.16 bits per heavy atom. The van der Waals surface area contributed by atoms with Crippen molar-refractivity contribution in [2.45, 2.75) is 32.8 Å². The second-order valence-corrected chi connectivity index (χ2v) is 4.86. The van der Waals surface area contributed by atoms with E-state index in [1.165, 1.54) is 0 Å². The van der Waals surface area contributed by atoms with E-state index < -0.39 is 23.6 Å². The topological polar surface area (TPSA) is 105 Å². The molecule has 0 aliphatic carbocycles. The Kier molecular flexibility index (Phi) is 6.60. The molecular formula is C12H20N2O5. The van der Waals surface area contributed by atoms with Crippen LogP contribution in [-0.4, -0.2) is 41.8 Å². The molecule has 7 nitrogen and oxygen atoms in total. The molecule has 0 radical (unpaired) electrons. The van der Waals surface area contributed by atoms with Gasteiger partial charge in [-0.25, -0.2) is 9.59 Å². The van der Waals surface area contributed by atoms with Crippen LogP contribution in [0.25, 0.3) is 0 Å². The van der Waals surface area contributed by atoms with Crippen LogP contribution in [0.5, 0.6) is 0 Å². The number of carbonyl (C=O) groups excluding carboxylic acids is 2. The first-order valence-electron chi connectivity index (χ1n) is 5.76. The molecule has 0 aromatic rings. The van der Waals surface area contributed by atoms with E-state index in [1.54, 1.807) is 20.8 Å². The van der Waals surface area contributed by atoms with E-state index in [2.05, 4.69) is 17.2 Å². The SMILES string of the molecule is C=C(CC(=O)NCCNC(=O)OC(C)(C)C)C(=O)O. The number of carboxylic acid groups (broad SMARTS) is 1. The van der Waals surface area contributed by atoms with Gasteiger partial charge in [0.25, 0.3) is 0 Å². The van der Waals surface area contributed by atoms with Crippen molar-refractivity contribution in [3.8, 4) is 0 Å². The van der Waals surface area contributed by atoms with Crippen LogP contribution in [0, 0.1) is 0 Å². The van der Waals surface area contributed by atoms with Crippen LogP contribution in [0.1, 0.15) is 27.2 Å². The molecule has 7 heteroatoms. The van der Waals surface area contributed by atoms with Crippen molar-refractivity contribution >= 4 is 18.0 Å². The molecular weight excluding hydrogens is 252 g/mol. The molecule has 108 valence electrons. The fraction of sp³-hybridized carbons (Fsp3) is 0.583. The molecule has 3 N–H and O–H groups in total. The number of hydrogen-bond acceptors (Lipinski definition) is 4. The average Bonchev–Trinajstić information content (AvgIpc) is 2.21. The number of aliphatic carboxylic acids is 1. The van der Waals surface area contributed by atoms with Crippen molar-refractivity contribution in [1.82, 2.24) is 10.6 Å². The summed E-state index contributed by atoms with van der Waals surface area (Å²) in [7, 11) is 0. The van der Waals surface area contributed by atoms with Gasteiger partial charge in [0.05, 0.1) is 6.42 Å². The third kappa shape index (κ3) is 9.63. The lowest BCUT2D eigenvalue weighted by atomic mass is 10.2. The number of ether oxygens (including phenoxy) is 1. The van der Waals surface area contributed by atoms with Crippen LogP contribution in [0.2, 0.25) is 0 Å². The highest BCUT2D eigenvalue weighted by molar-refractivity contribution is 5.93. The Morgan fingerprint density at radius 3 is 2.16 bits per heavy atom. The maximum Gasteiger partial charge on any atom is 0.407 e. The Morgan fingerprint density at radius 2 is 1.68 bits per heavy atom. The number of rotatable bonds is 6. The van der Waals surface area contributed by atoms with Crippen molar-refractivity contribution in [1.29, 1.82) is 0 Å². The third-order valence-electron chi connectivity index (χ3n) is 1.79. The summed E-state index contributed by atoms with van der Waals surface area (Å²) in [5.74, 6) is -1.67. The standard InChI is InChI=1S/C12H20N2O5/c1-8(10(16)17)7-9(15)13-5-6-14-11(18)19-12(2,3)4/h1,5-7H2,2-4H3,(H,13,15)(H,14,18)(H,16,17). The maximum absolute atomic E-state index is 11.3. The van der Waals surface area contributed by atoms with Gasteiger partial charge in [-0.1, -0.05) is 6.58 Å². The van der Waals surface area contributed by atoms with Crippen LogP contribution < -0.4 is 10.6 Å². The van der Waals surface area contributed by atoms with E-state index in [1.807, 2.05) is 0 Å². The monoisotopic (exact) mass is 272 g/mol. The summed E-state index contributed by atoms with van der Waals surface area (Å²) in [6.45, 7) is 8.85. The largest absolute Gasteiger partial charge is 0.478 e. The number of alkyl carbamates (subject to hydrolysis) is 1. The third-order valence-corrected chi connectivity index (χ3v) is 1.79. The van der Waals surface area contributed by atoms with E-state index in [-0.39, 0.29) is 25.1 Å². The summed E-state index contributed by atoms with van der Waals surface area (Å²) in [6.07, 6.45) is -0.849.